The molecule has 0 radical (unpaired) electrons. The standard InChI is InChI=1S/C60H69F3N10O10S2Si/c1-35-52(84-33-67-35)40-13-9-37(10-14-40)29-66-57(77)47-28-44(74)31-72(47)58(78)53(60(3,4)5)69-56(76)41-15-11-38(12-16-41)32-82-45-22-24-49(65-30-45)68-55-50(54(64)75)51(70-73(55)34-81-25-26-86(6,7)8)42-19-23-46(71-85(79,80)59(62)63)48(27-42)83-36(2)39-17-20-43(61)21-18-39/h9-24,27,30,33,36,44,47,53,59,71,74H,25-26,28-29,31-32,34H2,1-8H3,(H2,64,75)(H,65,68)(H,66,77)(H,69,76)/t36?,44-,47+,53?/m1/s1. The third kappa shape index (κ3) is 16.2. The molecule has 0 saturated carbocycles. The molecule has 4 heterocycles. The minimum Gasteiger partial charge on any atom is -0.487 e. The maximum atomic E-state index is 14.3. The molecule has 0 bridgehead atoms. The van der Waals surface area contributed by atoms with Gasteiger partial charge in [0.2, 0.25) is 11.8 Å². The summed E-state index contributed by atoms with van der Waals surface area (Å²) in [4.78, 5) is 66.4. The van der Waals surface area contributed by atoms with Crippen molar-refractivity contribution in [1.29, 1.82) is 0 Å². The number of primary amides is 1. The van der Waals surface area contributed by atoms with Gasteiger partial charge in [-0.05, 0) is 96.1 Å². The van der Waals surface area contributed by atoms with Crippen molar-refractivity contribution in [2.45, 2.75) is 117 Å². The number of aryl methyl sites for hydroxylation is 1. The van der Waals surface area contributed by atoms with Crippen molar-refractivity contribution in [2.24, 2.45) is 11.1 Å². The number of carbonyl (C=O) groups excluding carboxylic acids is 4. The Morgan fingerprint density at radius 3 is 2.22 bits per heavy atom. The number of ether oxygens (including phenoxy) is 3. The van der Waals surface area contributed by atoms with Gasteiger partial charge in [0.15, 0.2) is 0 Å². The van der Waals surface area contributed by atoms with Crippen LogP contribution in [0.2, 0.25) is 25.7 Å². The number of hydrogen-bond acceptors (Lipinski definition) is 15. The topological polar surface area (TPSA) is 271 Å². The second-order valence-electron chi connectivity index (χ2n) is 23.1. The largest absolute Gasteiger partial charge is 0.487 e. The highest BCUT2D eigenvalue weighted by molar-refractivity contribution is 7.93. The summed E-state index contributed by atoms with van der Waals surface area (Å²) in [6.07, 6.45) is -0.310. The van der Waals surface area contributed by atoms with Gasteiger partial charge in [-0.2, -0.15) is 13.9 Å². The average Bonchev–Trinajstić information content (AvgIpc) is 1.80. The number of β-amino-alcohol motifs (C(OH)–C–C–N with tert-alkyl or cyclic N) is 1. The minimum atomic E-state index is -5.18. The zero-order chi connectivity index (χ0) is 62.3. The third-order valence-corrected chi connectivity index (χ3v) is 17.7. The van der Waals surface area contributed by atoms with Crippen LogP contribution in [0.15, 0.2) is 115 Å². The molecule has 20 nitrogen and oxygen atoms in total. The van der Waals surface area contributed by atoms with Crippen LogP contribution in [0.4, 0.5) is 30.5 Å². The van der Waals surface area contributed by atoms with Gasteiger partial charge in [-0.25, -0.2) is 27.5 Å². The van der Waals surface area contributed by atoms with Crippen LogP contribution in [0.1, 0.15) is 83.3 Å². The van der Waals surface area contributed by atoms with Crippen molar-refractivity contribution in [3.63, 3.8) is 0 Å². The number of nitrogens with zero attached hydrogens (tertiary/aromatic N) is 5. The Morgan fingerprint density at radius 2 is 1.60 bits per heavy atom. The van der Waals surface area contributed by atoms with Crippen LogP contribution in [-0.2, 0) is 44.2 Å². The van der Waals surface area contributed by atoms with Crippen molar-refractivity contribution in [2.75, 3.05) is 23.2 Å². The van der Waals surface area contributed by atoms with Crippen molar-refractivity contribution < 1.29 is 60.1 Å². The number of carbonyl (C=O) groups is 4. The molecule has 1 aliphatic rings. The monoisotopic (exact) mass is 1240 g/mol. The summed E-state index contributed by atoms with van der Waals surface area (Å²) in [5.41, 5.74) is 11.0. The fourth-order valence-corrected chi connectivity index (χ4v) is 11.4. The van der Waals surface area contributed by atoms with E-state index in [0.29, 0.717) is 23.5 Å². The summed E-state index contributed by atoms with van der Waals surface area (Å²) in [6, 6.07) is 25.5. The molecule has 7 aromatic rings. The van der Waals surface area contributed by atoms with Gasteiger partial charge < -0.3 is 45.9 Å². The molecule has 4 amide bonds. The van der Waals surface area contributed by atoms with Gasteiger partial charge >= 0.3 is 5.76 Å². The number of aliphatic hydroxyl groups is 1. The molecule has 8 rings (SSSR count). The highest BCUT2D eigenvalue weighted by Crippen LogP contribution is 2.39. The minimum absolute atomic E-state index is 0.00247. The number of pyridine rings is 1. The number of alkyl halides is 2. The number of rotatable bonds is 25. The van der Waals surface area contributed by atoms with Crippen LogP contribution in [0.5, 0.6) is 11.5 Å². The van der Waals surface area contributed by atoms with Gasteiger partial charge in [0.05, 0.1) is 34.1 Å². The number of nitrogens with one attached hydrogen (secondary N) is 4. The average molecular weight is 1240 g/mol. The zero-order valence-corrected chi connectivity index (χ0v) is 51.3. The first-order chi connectivity index (χ1) is 40.6. The van der Waals surface area contributed by atoms with Crippen molar-refractivity contribution >= 4 is 70.4 Å². The van der Waals surface area contributed by atoms with Gasteiger partial charge in [0.1, 0.15) is 71.7 Å². The SMILES string of the molecule is Cc1ncsc1-c1ccc(CNC(=O)[C@@H]2C[C@@H](O)CN2C(=O)C(NC(=O)c2ccc(COc3ccc(Nc4c(C(N)=O)c(-c5ccc(NS(=O)(=O)C(F)F)c(OC(C)c6ccc(F)cc6)c5)nn4COCC[Si](C)(C)C)nc3)cc2)C(C)(C)C)cc1. The number of anilines is 3. The van der Waals surface area contributed by atoms with Gasteiger partial charge in [-0.1, -0.05) is 95.0 Å². The van der Waals surface area contributed by atoms with Crippen LogP contribution in [0.25, 0.3) is 21.7 Å². The Balaban J connectivity index is 0.935. The van der Waals surface area contributed by atoms with Gasteiger partial charge in [0, 0.05) is 45.3 Å². The summed E-state index contributed by atoms with van der Waals surface area (Å²) >= 11 is 1.55. The number of amides is 4. The van der Waals surface area contributed by atoms with E-state index >= 15 is 0 Å². The van der Waals surface area contributed by atoms with Gasteiger partial charge in [-0.15, -0.1) is 11.3 Å². The molecule has 1 fully saturated rings. The number of likely N-dealkylation sites (tertiary alicyclic amines) is 1. The third-order valence-electron chi connectivity index (χ3n) is 14.1. The Hall–Kier alpha value is -8.17. The number of hydrogen-bond donors (Lipinski definition) is 6. The molecule has 0 aliphatic carbocycles. The number of halogens is 3. The lowest BCUT2D eigenvalue weighted by Gasteiger charge is -2.35. The number of nitrogens with two attached hydrogens (primary N) is 1. The molecule has 86 heavy (non-hydrogen) atoms. The lowest BCUT2D eigenvalue weighted by molar-refractivity contribution is -0.142. The van der Waals surface area contributed by atoms with E-state index in [-0.39, 0.29) is 78.3 Å². The molecule has 26 heteroatoms. The molecule has 2 unspecified atom stereocenters. The molecular weight excluding hydrogens is 1170 g/mol. The predicted octanol–water partition coefficient (Wildman–Crippen LogP) is 9.78. The van der Waals surface area contributed by atoms with E-state index in [0.717, 1.165) is 27.7 Å². The van der Waals surface area contributed by atoms with E-state index in [1.165, 1.54) is 58.2 Å². The Kier molecular flexibility index (Phi) is 20.1. The van der Waals surface area contributed by atoms with E-state index in [2.05, 4.69) is 45.6 Å². The van der Waals surface area contributed by atoms with Crippen LogP contribution in [0, 0.1) is 18.2 Å². The second-order valence-corrected chi connectivity index (χ2v) is 31.2. The highest BCUT2D eigenvalue weighted by atomic mass is 32.2. The molecule has 1 aliphatic heterocycles. The van der Waals surface area contributed by atoms with Gasteiger partial charge in [0.25, 0.3) is 21.8 Å². The molecular formula is C60H69F3N10O10S2Si. The molecule has 3 aromatic heterocycles. The van der Waals surface area contributed by atoms with Crippen molar-refractivity contribution in [3.05, 3.63) is 154 Å². The molecule has 4 aromatic carbocycles. The van der Waals surface area contributed by atoms with Crippen molar-refractivity contribution in [1.82, 2.24) is 35.3 Å². The highest BCUT2D eigenvalue weighted by Gasteiger charge is 2.44. The zero-order valence-electron chi connectivity index (χ0n) is 48.7. The first kappa shape index (κ1) is 63.8. The lowest BCUT2D eigenvalue weighted by atomic mass is 9.85. The number of aromatic nitrogens is 4. The fourth-order valence-electron chi connectivity index (χ4n) is 9.26. The lowest BCUT2D eigenvalue weighted by Crippen LogP contribution is -2.57. The predicted molar refractivity (Wildman–Crippen MR) is 324 cm³/mol. The molecule has 0 spiro atoms. The smallest absolute Gasteiger partial charge is 0.355 e. The van der Waals surface area contributed by atoms with E-state index in [1.54, 1.807) is 80.9 Å². The van der Waals surface area contributed by atoms with Gasteiger partial charge in [-0.3, -0.25) is 23.9 Å². The van der Waals surface area contributed by atoms with Crippen LogP contribution in [-0.4, -0.2) is 107 Å². The fraction of sp³-hybridized carbons (Fsp3) is 0.350. The van der Waals surface area contributed by atoms with E-state index in [1.807, 2.05) is 35.9 Å². The Labute approximate surface area is 501 Å². The van der Waals surface area contributed by atoms with E-state index in [4.69, 9.17) is 25.0 Å². The summed E-state index contributed by atoms with van der Waals surface area (Å²) in [5, 5.41) is 24.3. The Bertz CT molecular complexity index is 3660. The first-order valence-corrected chi connectivity index (χ1v) is 33.6. The summed E-state index contributed by atoms with van der Waals surface area (Å²) < 4.78 is 87.2. The quantitative estimate of drug-likeness (QED) is 0.0230. The molecule has 4 atom stereocenters. The summed E-state index contributed by atoms with van der Waals surface area (Å²) in [6.45, 7) is 15.9. The van der Waals surface area contributed by atoms with E-state index < -0.39 is 83.0 Å². The number of sulfonamides is 1. The second kappa shape index (κ2) is 27.0. The first-order valence-electron chi connectivity index (χ1n) is 27.5. The molecule has 7 N–H and O–H groups in total. The van der Waals surface area contributed by atoms with Crippen LogP contribution in [0.3, 0.4) is 0 Å². The van der Waals surface area contributed by atoms with Crippen LogP contribution < -0.4 is 35.9 Å². The van der Waals surface area contributed by atoms with Crippen molar-refractivity contribution in [3.8, 4) is 33.2 Å². The maximum Gasteiger partial charge on any atom is 0.355 e. The molecule has 1 saturated heterocycles. The normalized spacial score (nSPS) is 15.2. The number of aliphatic hydroxyl groups excluding tert-OH is 1. The number of benzene rings is 4. The maximum absolute atomic E-state index is 14.3. The van der Waals surface area contributed by atoms with Crippen LogP contribution >= 0.6 is 11.3 Å². The number of thiazole rings is 1. The summed E-state index contributed by atoms with van der Waals surface area (Å²) in [5.74, 6) is -6.22. The Morgan fingerprint density at radius 1 is 0.919 bits per heavy atom. The summed E-state index contributed by atoms with van der Waals surface area (Å²) in [7, 11) is -6.72. The van der Waals surface area contributed by atoms with E-state index in [9.17, 15) is 45.9 Å². The molecule has 456 valence electrons.